The van der Waals surface area contributed by atoms with E-state index in [0.717, 1.165) is 49.3 Å². The van der Waals surface area contributed by atoms with Crippen LogP contribution in [0.1, 0.15) is 96.7 Å². The largest absolute Gasteiger partial charge is 0.404 e. The highest BCUT2D eigenvalue weighted by Gasteiger charge is 2.51. The van der Waals surface area contributed by atoms with Crippen LogP contribution in [0, 0.1) is 6.92 Å². The number of rotatable bonds is 8. The summed E-state index contributed by atoms with van der Waals surface area (Å²) in [6.07, 6.45) is 5.42. The number of aryl methyl sites for hydroxylation is 1. The van der Waals surface area contributed by atoms with Gasteiger partial charge in [0.2, 0.25) is 5.91 Å². The average Bonchev–Trinajstić information content (AvgIpc) is 3.51. The van der Waals surface area contributed by atoms with Gasteiger partial charge in [-0.2, -0.15) is 5.10 Å². The summed E-state index contributed by atoms with van der Waals surface area (Å²) in [5.41, 5.74) is 1.51. The van der Waals surface area contributed by atoms with E-state index >= 15 is 0 Å². The number of anilines is 1. The fourth-order valence-electron chi connectivity index (χ4n) is 6.67. The van der Waals surface area contributed by atoms with Gasteiger partial charge in [-0.15, -0.1) is 0 Å². The Labute approximate surface area is 263 Å². The molecule has 44 heavy (non-hydrogen) atoms. The molecule has 1 aliphatic rings. The standard InChI is InChI=1S/C36H48N4O3Si/c1-26-23-29(42-39-26)24-34(41)37-33-25-32(38-40(33)35(2,3)4)27-15-14-16-28(22-21-27)43-44(36(5,6)7,30-17-10-8-11-18-30)31-19-12-9-13-20-31/h8-13,17-20,23,25,27-28H,14-16,21-22,24H2,1-7H3,(H,37,41). The molecule has 8 heteroatoms. The second-order valence-electron chi connectivity index (χ2n) is 14.3. The molecule has 2 atom stereocenters. The minimum atomic E-state index is -2.62. The van der Waals surface area contributed by atoms with E-state index in [2.05, 4.69) is 119 Å². The summed E-state index contributed by atoms with van der Waals surface area (Å²) in [5, 5.41) is 14.7. The van der Waals surface area contributed by atoms with Crippen molar-refractivity contribution in [2.45, 2.75) is 110 Å². The minimum absolute atomic E-state index is 0.0512. The molecule has 0 radical (unpaired) electrons. The third-order valence-corrected chi connectivity index (χ3v) is 13.8. The first-order chi connectivity index (χ1) is 20.9. The Morgan fingerprint density at radius 1 is 0.932 bits per heavy atom. The van der Waals surface area contributed by atoms with Crippen LogP contribution in [0.4, 0.5) is 5.82 Å². The summed E-state index contributed by atoms with van der Waals surface area (Å²) < 4.78 is 14.7. The summed E-state index contributed by atoms with van der Waals surface area (Å²) in [6.45, 7) is 15.2. The van der Waals surface area contributed by atoms with Crippen LogP contribution in [0.5, 0.6) is 0 Å². The smallest absolute Gasteiger partial charge is 0.261 e. The van der Waals surface area contributed by atoms with Crippen LogP contribution >= 0.6 is 0 Å². The molecule has 7 nitrogen and oxygen atoms in total. The van der Waals surface area contributed by atoms with Crippen LogP contribution < -0.4 is 15.7 Å². The van der Waals surface area contributed by atoms with E-state index in [1.807, 2.05) is 11.6 Å². The third kappa shape index (κ3) is 6.92. The molecule has 0 bridgehead atoms. The Bertz CT molecular complexity index is 1490. The number of hydrogen-bond donors (Lipinski definition) is 1. The molecule has 4 aromatic rings. The fraction of sp³-hybridized carbons (Fsp3) is 0.472. The number of nitrogens with one attached hydrogen (secondary N) is 1. The van der Waals surface area contributed by atoms with Crippen LogP contribution in [0.2, 0.25) is 5.04 Å². The number of benzene rings is 2. The monoisotopic (exact) mass is 612 g/mol. The minimum Gasteiger partial charge on any atom is -0.404 e. The van der Waals surface area contributed by atoms with Crippen LogP contribution in [-0.4, -0.2) is 35.3 Å². The van der Waals surface area contributed by atoms with Gasteiger partial charge in [0, 0.05) is 24.2 Å². The lowest BCUT2D eigenvalue weighted by Crippen LogP contribution is -2.67. The molecule has 2 aromatic carbocycles. The van der Waals surface area contributed by atoms with Gasteiger partial charge in [0.25, 0.3) is 8.32 Å². The van der Waals surface area contributed by atoms with Gasteiger partial charge in [-0.3, -0.25) is 4.79 Å². The molecule has 5 rings (SSSR count). The van der Waals surface area contributed by atoms with Crippen LogP contribution in [0.15, 0.2) is 77.3 Å². The maximum absolute atomic E-state index is 12.9. The molecule has 234 valence electrons. The van der Waals surface area contributed by atoms with Gasteiger partial charge in [0.15, 0.2) is 0 Å². The number of aromatic nitrogens is 3. The second-order valence-corrected chi connectivity index (χ2v) is 18.6. The zero-order valence-electron chi connectivity index (χ0n) is 27.4. The summed E-state index contributed by atoms with van der Waals surface area (Å²) in [6, 6.07) is 25.7. The lowest BCUT2D eigenvalue weighted by Gasteiger charge is -2.45. The van der Waals surface area contributed by atoms with Gasteiger partial charge in [-0.1, -0.05) is 93.0 Å². The van der Waals surface area contributed by atoms with Gasteiger partial charge in [-0.25, -0.2) is 4.68 Å². The van der Waals surface area contributed by atoms with E-state index in [1.165, 1.54) is 10.4 Å². The van der Waals surface area contributed by atoms with E-state index in [4.69, 9.17) is 14.0 Å². The highest BCUT2D eigenvalue weighted by molar-refractivity contribution is 6.99. The third-order valence-electron chi connectivity index (χ3n) is 8.74. The topological polar surface area (TPSA) is 82.2 Å². The van der Waals surface area contributed by atoms with Crippen LogP contribution in [0.3, 0.4) is 0 Å². The molecule has 2 aromatic heterocycles. The fourth-order valence-corrected chi connectivity index (χ4v) is 11.4. The summed E-state index contributed by atoms with van der Waals surface area (Å²) in [7, 11) is -2.62. The zero-order chi connectivity index (χ0) is 31.5. The second kappa shape index (κ2) is 12.9. The Morgan fingerprint density at radius 2 is 1.57 bits per heavy atom. The van der Waals surface area contributed by atoms with E-state index in [-0.39, 0.29) is 29.0 Å². The highest BCUT2D eigenvalue weighted by atomic mass is 28.4. The molecule has 2 heterocycles. The first-order valence-corrected chi connectivity index (χ1v) is 17.9. The number of carbonyl (C=O) groups excluding carboxylic acids is 1. The molecule has 0 aliphatic heterocycles. The lowest BCUT2D eigenvalue weighted by molar-refractivity contribution is -0.115. The van der Waals surface area contributed by atoms with Crippen molar-refractivity contribution >= 4 is 30.4 Å². The molecule has 1 saturated carbocycles. The van der Waals surface area contributed by atoms with E-state index in [9.17, 15) is 4.79 Å². The van der Waals surface area contributed by atoms with Gasteiger partial charge in [0.1, 0.15) is 11.6 Å². The van der Waals surface area contributed by atoms with Gasteiger partial charge < -0.3 is 14.3 Å². The SMILES string of the molecule is Cc1cc(CC(=O)Nc2cc(C3CCCC(O[Si](c4ccccc4)(c4ccccc4)C(C)(C)C)CC3)nn2C(C)(C)C)on1. The summed E-state index contributed by atoms with van der Waals surface area (Å²) in [5.74, 6) is 1.44. The van der Waals surface area contributed by atoms with Gasteiger partial charge in [-0.05, 0) is 68.8 Å². The number of amides is 1. The highest BCUT2D eigenvalue weighted by Crippen LogP contribution is 2.41. The van der Waals surface area contributed by atoms with Crippen molar-refractivity contribution < 1.29 is 13.7 Å². The van der Waals surface area contributed by atoms with Crippen LogP contribution in [-0.2, 0) is 21.2 Å². The zero-order valence-corrected chi connectivity index (χ0v) is 28.4. The van der Waals surface area contributed by atoms with Crippen molar-refractivity contribution in [2.24, 2.45) is 0 Å². The molecule has 1 fully saturated rings. The molecule has 1 aliphatic carbocycles. The summed E-state index contributed by atoms with van der Waals surface area (Å²) in [4.78, 5) is 12.9. The van der Waals surface area contributed by atoms with Crippen molar-refractivity contribution in [3.05, 3.63) is 89.9 Å². The maximum atomic E-state index is 12.9. The molecule has 2 unspecified atom stereocenters. The van der Waals surface area contributed by atoms with E-state index in [1.54, 1.807) is 6.07 Å². The van der Waals surface area contributed by atoms with Crippen molar-refractivity contribution in [2.75, 3.05) is 5.32 Å². The average molecular weight is 613 g/mol. The lowest BCUT2D eigenvalue weighted by atomic mass is 9.97. The van der Waals surface area contributed by atoms with Crippen molar-refractivity contribution in [3.8, 4) is 0 Å². The maximum Gasteiger partial charge on any atom is 0.261 e. The predicted octanol–water partition coefficient (Wildman–Crippen LogP) is 7.11. The quantitative estimate of drug-likeness (QED) is 0.169. The molecule has 0 spiro atoms. The Kier molecular flexibility index (Phi) is 9.32. The first kappa shape index (κ1) is 31.9. The molecule has 0 saturated heterocycles. The van der Waals surface area contributed by atoms with E-state index < -0.39 is 8.32 Å². The van der Waals surface area contributed by atoms with Gasteiger partial charge >= 0.3 is 0 Å². The van der Waals surface area contributed by atoms with E-state index in [0.29, 0.717) is 11.7 Å². The molecule has 1 amide bonds. The molecular formula is C36H48N4O3Si. The normalized spacial score (nSPS) is 18.2. The van der Waals surface area contributed by atoms with Crippen molar-refractivity contribution in [1.29, 1.82) is 0 Å². The molecular weight excluding hydrogens is 565 g/mol. The molecule has 1 N–H and O–H groups in total. The Balaban J connectivity index is 1.37. The number of hydrogen-bond acceptors (Lipinski definition) is 5. The Hall–Kier alpha value is -3.49. The van der Waals surface area contributed by atoms with Crippen molar-refractivity contribution in [3.63, 3.8) is 0 Å². The number of nitrogens with zero attached hydrogens (tertiary/aromatic N) is 3. The first-order valence-electron chi connectivity index (χ1n) is 16.0. The van der Waals surface area contributed by atoms with Gasteiger partial charge in [0.05, 0.1) is 23.3 Å². The summed E-state index contributed by atoms with van der Waals surface area (Å²) >= 11 is 0. The predicted molar refractivity (Wildman–Crippen MR) is 179 cm³/mol. The number of carbonyl (C=O) groups is 1. The Morgan fingerprint density at radius 3 is 2.11 bits per heavy atom. The van der Waals surface area contributed by atoms with Crippen LogP contribution in [0.25, 0.3) is 0 Å². The van der Waals surface area contributed by atoms with Crippen molar-refractivity contribution in [1.82, 2.24) is 14.9 Å².